The van der Waals surface area contributed by atoms with Crippen LogP contribution in [0.5, 0.6) is 5.75 Å². The molecule has 0 radical (unpaired) electrons. The molecule has 8 nitrogen and oxygen atoms in total. The van der Waals surface area contributed by atoms with Crippen molar-refractivity contribution in [1.82, 2.24) is 19.3 Å². The molecule has 1 aliphatic heterocycles. The number of anilines is 1. The summed E-state index contributed by atoms with van der Waals surface area (Å²) in [7, 11) is 0. The second-order valence-corrected chi connectivity index (χ2v) is 9.41. The van der Waals surface area contributed by atoms with E-state index in [1.807, 2.05) is 32.0 Å². The lowest BCUT2D eigenvalue weighted by Crippen LogP contribution is -2.27. The van der Waals surface area contributed by atoms with E-state index in [0.29, 0.717) is 27.6 Å². The van der Waals surface area contributed by atoms with Crippen molar-refractivity contribution in [2.45, 2.75) is 37.8 Å². The molecule has 1 N–H and O–H groups in total. The van der Waals surface area contributed by atoms with E-state index in [1.54, 1.807) is 4.68 Å². The smallest absolute Gasteiger partial charge is 0.406 e. The van der Waals surface area contributed by atoms with E-state index in [2.05, 4.69) is 20.1 Å². The van der Waals surface area contributed by atoms with Gasteiger partial charge in [-0.05, 0) is 61.4 Å². The Bertz CT molecular complexity index is 1530. The Morgan fingerprint density at radius 2 is 1.92 bits per heavy atom. The van der Waals surface area contributed by atoms with Gasteiger partial charge >= 0.3 is 6.36 Å². The Morgan fingerprint density at radius 3 is 2.61 bits per heavy atom. The predicted molar refractivity (Wildman–Crippen MR) is 129 cm³/mol. The number of nitrogens with zero attached hydrogens (tertiary/aromatic N) is 4. The number of halogens is 3. The maximum Gasteiger partial charge on any atom is 0.573 e. The largest absolute Gasteiger partial charge is 0.573 e. The summed E-state index contributed by atoms with van der Waals surface area (Å²) in [5.41, 5.74) is 3.53. The number of nitrogens with one attached hydrogen (secondary N) is 1. The van der Waals surface area contributed by atoms with Crippen molar-refractivity contribution in [3.8, 4) is 11.4 Å². The molecule has 0 saturated carbocycles. The minimum absolute atomic E-state index is 0.000804. The van der Waals surface area contributed by atoms with Crippen molar-refractivity contribution >= 4 is 34.4 Å². The molecule has 1 unspecified atom stereocenters. The Kier molecular flexibility index (Phi) is 5.99. The average molecular weight is 516 g/mol. The normalized spacial score (nSPS) is 15.2. The number of rotatable bonds is 5. The van der Waals surface area contributed by atoms with E-state index in [0.717, 1.165) is 28.9 Å². The van der Waals surface area contributed by atoms with Gasteiger partial charge in [0.2, 0.25) is 5.91 Å². The maximum absolute atomic E-state index is 13.3. The third-order valence-electron chi connectivity index (χ3n) is 5.90. The van der Waals surface area contributed by atoms with Crippen LogP contribution in [0.4, 0.5) is 18.9 Å². The number of aryl methyl sites for hydroxylation is 2. The molecular weight excluding hydrogens is 495 g/mol. The summed E-state index contributed by atoms with van der Waals surface area (Å²) in [4.78, 5) is 30.6. The lowest BCUT2D eigenvalue weighted by Gasteiger charge is -2.14. The summed E-state index contributed by atoms with van der Waals surface area (Å²) < 4.78 is 43.9. The number of hydrogen-bond donors (Lipinski definition) is 1. The lowest BCUT2D eigenvalue weighted by atomic mass is 10.1. The molecule has 0 spiro atoms. The fourth-order valence-electron chi connectivity index (χ4n) is 3.99. The Morgan fingerprint density at radius 1 is 1.17 bits per heavy atom. The predicted octanol–water partition coefficient (Wildman–Crippen LogP) is 4.77. The molecule has 3 heterocycles. The van der Waals surface area contributed by atoms with Gasteiger partial charge in [-0.1, -0.05) is 17.8 Å². The number of hydrogen-bond acceptors (Lipinski definition) is 6. The number of carbonyl (C=O) groups is 1. The zero-order chi connectivity index (χ0) is 25.6. The molecule has 5 rings (SSSR count). The zero-order valence-corrected chi connectivity index (χ0v) is 20.0. The molecule has 1 aliphatic rings. The van der Waals surface area contributed by atoms with Crippen LogP contribution in [0.2, 0.25) is 0 Å². The second kappa shape index (κ2) is 9.01. The highest BCUT2D eigenvalue weighted by Crippen LogP contribution is 2.34. The molecule has 0 bridgehead atoms. The number of aromatic nitrogens is 4. The fourth-order valence-corrected chi connectivity index (χ4v) is 5.12. The molecular formula is C24H20F3N5O3S. The van der Waals surface area contributed by atoms with Gasteiger partial charge < -0.3 is 10.1 Å². The standard InChI is InChI=1S/C24H20F3N5O3S/c1-13-3-6-16(9-14(13)2)32-21-19(11-28-32)22(34)31-17(12-36-23(31)30-21)10-20(33)29-15-4-7-18(8-5-15)35-24(25,26)27/h3-9,11,17H,10,12H2,1-2H3,(H,29,33). The van der Waals surface area contributed by atoms with Crippen LogP contribution in [-0.4, -0.2) is 37.4 Å². The van der Waals surface area contributed by atoms with E-state index >= 15 is 0 Å². The van der Waals surface area contributed by atoms with E-state index in [-0.39, 0.29) is 23.6 Å². The molecule has 186 valence electrons. The third kappa shape index (κ3) is 4.68. The van der Waals surface area contributed by atoms with Crippen LogP contribution >= 0.6 is 11.8 Å². The molecule has 4 aromatic rings. The molecule has 1 atom stereocenters. The minimum Gasteiger partial charge on any atom is -0.406 e. The van der Waals surface area contributed by atoms with Crippen LogP contribution in [-0.2, 0) is 4.79 Å². The van der Waals surface area contributed by atoms with Crippen molar-refractivity contribution in [1.29, 1.82) is 0 Å². The quantitative estimate of drug-likeness (QED) is 0.385. The Balaban J connectivity index is 1.35. The summed E-state index contributed by atoms with van der Waals surface area (Å²) in [6.07, 6.45) is -3.31. The van der Waals surface area contributed by atoms with Crippen molar-refractivity contribution in [3.05, 3.63) is 70.1 Å². The van der Waals surface area contributed by atoms with Gasteiger partial charge in [-0.25, -0.2) is 9.67 Å². The number of alkyl halides is 3. The zero-order valence-electron chi connectivity index (χ0n) is 19.2. The molecule has 12 heteroatoms. The molecule has 1 amide bonds. The highest BCUT2D eigenvalue weighted by atomic mass is 32.2. The van der Waals surface area contributed by atoms with Gasteiger partial charge in [-0.2, -0.15) is 5.10 Å². The first kappa shape index (κ1) is 23.9. The van der Waals surface area contributed by atoms with Crippen LogP contribution in [0.25, 0.3) is 16.7 Å². The SMILES string of the molecule is Cc1ccc(-n2ncc3c(=O)n4c(nc32)SCC4CC(=O)Nc2ccc(OC(F)(F)F)cc2)cc1C. The van der Waals surface area contributed by atoms with Crippen LogP contribution in [0.3, 0.4) is 0 Å². The third-order valence-corrected chi connectivity index (χ3v) is 7.00. The highest BCUT2D eigenvalue weighted by molar-refractivity contribution is 7.99. The van der Waals surface area contributed by atoms with Gasteiger partial charge in [0.15, 0.2) is 10.8 Å². The van der Waals surface area contributed by atoms with Crippen LogP contribution in [0.15, 0.2) is 58.6 Å². The topological polar surface area (TPSA) is 91.0 Å². The number of carbonyl (C=O) groups excluding carboxylic acids is 1. The first-order chi connectivity index (χ1) is 17.1. The van der Waals surface area contributed by atoms with E-state index in [1.165, 1.54) is 34.7 Å². The molecule has 2 aromatic heterocycles. The van der Waals surface area contributed by atoms with Gasteiger partial charge in [0.05, 0.1) is 17.9 Å². The molecule has 0 fully saturated rings. The minimum atomic E-state index is -4.79. The molecule has 36 heavy (non-hydrogen) atoms. The van der Waals surface area contributed by atoms with E-state index in [9.17, 15) is 22.8 Å². The number of benzene rings is 2. The van der Waals surface area contributed by atoms with E-state index < -0.39 is 12.4 Å². The van der Waals surface area contributed by atoms with Gasteiger partial charge in [0, 0.05) is 17.9 Å². The van der Waals surface area contributed by atoms with Gasteiger partial charge in [-0.15, -0.1) is 13.2 Å². The lowest BCUT2D eigenvalue weighted by molar-refractivity contribution is -0.274. The summed E-state index contributed by atoms with van der Waals surface area (Å²) in [5.74, 6) is -0.280. The number of thioether (sulfide) groups is 1. The monoisotopic (exact) mass is 515 g/mol. The molecule has 0 aliphatic carbocycles. The second-order valence-electron chi connectivity index (χ2n) is 8.42. The van der Waals surface area contributed by atoms with Crippen LogP contribution in [0.1, 0.15) is 23.6 Å². The summed E-state index contributed by atoms with van der Waals surface area (Å²) in [6.45, 7) is 4.02. The number of fused-ring (bicyclic) bond motifs is 2. The number of amides is 1. The molecule has 2 aromatic carbocycles. The summed E-state index contributed by atoms with van der Waals surface area (Å²) >= 11 is 1.38. The van der Waals surface area contributed by atoms with Gasteiger partial charge in [-0.3, -0.25) is 14.2 Å². The first-order valence-corrected chi connectivity index (χ1v) is 11.9. The van der Waals surface area contributed by atoms with Gasteiger partial charge in [0.25, 0.3) is 5.56 Å². The average Bonchev–Trinajstić information content (AvgIpc) is 3.41. The van der Waals surface area contributed by atoms with Crippen molar-refractivity contribution in [3.63, 3.8) is 0 Å². The van der Waals surface area contributed by atoms with E-state index in [4.69, 9.17) is 0 Å². The van der Waals surface area contributed by atoms with Crippen molar-refractivity contribution in [2.24, 2.45) is 0 Å². The first-order valence-electron chi connectivity index (χ1n) is 11.0. The summed E-state index contributed by atoms with van der Waals surface area (Å²) in [6, 6.07) is 10.3. The Hall–Kier alpha value is -3.80. The maximum atomic E-state index is 13.3. The fraction of sp³-hybridized carbons (Fsp3) is 0.250. The van der Waals surface area contributed by atoms with Crippen molar-refractivity contribution in [2.75, 3.05) is 11.1 Å². The highest BCUT2D eigenvalue weighted by Gasteiger charge is 2.31. The van der Waals surface area contributed by atoms with Gasteiger partial charge in [0.1, 0.15) is 11.1 Å². The Labute approximate surface area is 207 Å². The summed E-state index contributed by atoms with van der Waals surface area (Å²) in [5, 5.41) is 7.88. The molecule has 0 saturated heterocycles. The number of ether oxygens (including phenoxy) is 1. The van der Waals surface area contributed by atoms with Crippen LogP contribution < -0.4 is 15.6 Å². The van der Waals surface area contributed by atoms with Crippen LogP contribution in [0, 0.1) is 13.8 Å². The van der Waals surface area contributed by atoms with Crippen molar-refractivity contribution < 1.29 is 22.7 Å².